The van der Waals surface area contributed by atoms with Gasteiger partial charge in [-0.2, -0.15) is 0 Å². The highest BCUT2D eigenvalue weighted by atomic mass is 16.5. The Balaban J connectivity index is 1.76. The third-order valence-corrected chi connectivity index (χ3v) is 4.21. The highest BCUT2D eigenvalue weighted by Crippen LogP contribution is 2.26. The molecule has 3 rings (SSSR count). The fourth-order valence-electron chi connectivity index (χ4n) is 2.79. The molecule has 0 saturated carbocycles. The van der Waals surface area contributed by atoms with Crippen molar-refractivity contribution in [3.05, 3.63) is 90.0 Å². The number of hydrogen-bond acceptors (Lipinski definition) is 5. The Hall–Kier alpha value is -2.51. The van der Waals surface area contributed by atoms with E-state index in [1.807, 2.05) is 60.7 Å². The second kappa shape index (κ2) is 9.99. The molecule has 0 aliphatic carbocycles. The molecular weight excluding hydrogens is 344 g/mol. The van der Waals surface area contributed by atoms with Gasteiger partial charge in [-0.3, -0.25) is 0 Å². The van der Waals surface area contributed by atoms with Gasteiger partial charge in [-0.25, -0.2) is 4.98 Å². The van der Waals surface area contributed by atoms with E-state index in [-0.39, 0.29) is 6.61 Å². The lowest BCUT2D eigenvalue weighted by Gasteiger charge is -2.29. The van der Waals surface area contributed by atoms with Gasteiger partial charge >= 0.3 is 0 Å². The van der Waals surface area contributed by atoms with Crippen LogP contribution in [0.3, 0.4) is 0 Å². The Bertz CT molecular complexity index is 765. The maximum atomic E-state index is 10.4. The fourth-order valence-corrected chi connectivity index (χ4v) is 2.79. The van der Waals surface area contributed by atoms with E-state index in [2.05, 4.69) is 9.97 Å². The number of imidazole rings is 1. The molecule has 6 heteroatoms. The quantitative estimate of drug-likeness (QED) is 0.512. The standard InChI is InChI=1S/C21H24N2O4/c24-13-18(25)19(26-14-16-7-3-1-4-8-16)20(21-22-11-12-23-21)27-15-17-9-5-2-6-10-17/h1-12,18-20,24-25H,13-15H2,(H,22,23)/t18-,19-,20+/m0/s1. The maximum Gasteiger partial charge on any atom is 0.144 e. The molecule has 3 N–H and O–H groups in total. The average Bonchev–Trinajstić information content (AvgIpc) is 3.26. The molecule has 6 nitrogen and oxygen atoms in total. The second-order valence-electron chi connectivity index (χ2n) is 6.20. The van der Waals surface area contributed by atoms with Crippen molar-refractivity contribution in [1.82, 2.24) is 9.97 Å². The second-order valence-corrected chi connectivity index (χ2v) is 6.20. The zero-order valence-electron chi connectivity index (χ0n) is 14.9. The SMILES string of the molecule is OC[C@H](O)[C@H](OCc1ccccc1)[C@@H](OCc1ccccc1)c1ncc[nH]1. The summed E-state index contributed by atoms with van der Waals surface area (Å²) in [6.45, 7) is 0.176. The minimum absolute atomic E-state index is 0.286. The minimum atomic E-state index is -1.11. The molecule has 0 spiro atoms. The number of nitrogens with one attached hydrogen (secondary N) is 1. The smallest absolute Gasteiger partial charge is 0.144 e. The van der Waals surface area contributed by atoms with Crippen LogP contribution >= 0.6 is 0 Å². The van der Waals surface area contributed by atoms with Crippen LogP contribution in [0.5, 0.6) is 0 Å². The molecule has 0 unspecified atom stereocenters. The number of benzene rings is 2. The Morgan fingerprint density at radius 3 is 2.00 bits per heavy atom. The first-order valence-electron chi connectivity index (χ1n) is 8.87. The molecule has 0 fully saturated rings. The van der Waals surface area contributed by atoms with Crippen LogP contribution in [0, 0.1) is 0 Å². The molecule has 0 amide bonds. The summed E-state index contributed by atoms with van der Waals surface area (Å²) in [5.41, 5.74) is 1.96. The summed E-state index contributed by atoms with van der Waals surface area (Å²) in [6.07, 6.45) is 0.748. The summed E-state index contributed by atoms with van der Waals surface area (Å²) < 4.78 is 12.0. The van der Waals surface area contributed by atoms with Crippen molar-refractivity contribution in [2.24, 2.45) is 0 Å². The molecule has 1 heterocycles. The largest absolute Gasteiger partial charge is 0.394 e. The Kier molecular flexibility index (Phi) is 7.12. The summed E-state index contributed by atoms with van der Waals surface area (Å²) in [4.78, 5) is 7.29. The van der Waals surface area contributed by atoms with E-state index < -0.39 is 24.9 Å². The first-order chi connectivity index (χ1) is 13.3. The molecular formula is C21H24N2O4. The van der Waals surface area contributed by atoms with E-state index in [1.165, 1.54) is 0 Å². The predicted octanol–water partition coefficient (Wildman–Crippen LogP) is 2.61. The Morgan fingerprint density at radius 2 is 1.48 bits per heavy atom. The van der Waals surface area contributed by atoms with Crippen molar-refractivity contribution >= 4 is 0 Å². The molecule has 1 aromatic heterocycles. The third kappa shape index (κ3) is 5.48. The summed E-state index contributed by atoms with van der Waals surface area (Å²) in [6, 6.07) is 19.4. The molecule has 27 heavy (non-hydrogen) atoms. The lowest BCUT2D eigenvalue weighted by molar-refractivity contribution is -0.145. The first kappa shape index (κ1) is 19.3. The molecule has 0 bridgehead atoms. The Morgan fingerprint density at radius 1 is 0.889 bits per heavy atom. The molecule has 0 aliphatic rings. The Labute approximate surface area is 158 Å². The van der Waals surface area contributed by atoms with Crippen LogP contribution in [0.4, 0.5) is 0 Å². The zero-order chi connectivity index (χ0) is 18.9. The highest BCUT2D eigenvalue weighted by Gasteiger charge is 2.33. The number of hydrogen-bond donors (Lipinski definition) is 3. The third-order valence-electron chi connectivity index (χ3n) is 4.21. The summed E-state index contributed by atoms with van der Waals surface area (Å²) in [7, 11) is 0. The molecule has 0 aliphatic heterocycles. The van der Waals surface area contributed by atoms with Crippen molar-refractivity contribution < 1.29 is 19.7 Å². The maximum absolute atomic E-state index is 10.4. The summed E-state index contributed by atoms with van der Waals surface area (Å²) >= 11 is 0. The monoisotopic (exact) mass is 368 g/mol. The lowest BCUT2D eigenvalue weighted by atomic mass is 10.1. The van der Waals surface area contributed by atoms with Gasteiger partial charge in [0.15, 0.2) is 0 Å². The lowest BCUT2D eigenvalue weighted by Crippen LogP contribution is -2.39. The van der Waals surface area contributed by atoms with Gasteiger partial charge in [0, 0.05) is 12.4 Å². The van der Waals surface area contributed by atoms with Gasteiger partial charge in [-0.05, 0) is 11.1 Å². The van der Waals surface area contributed by atoms with Gasteiger partial charge in [0.1, 0.15) is 24.1 Å². The van der Waals surface area contributed by atoms with E-state index in [0.29, 0.717) is 12.4 Å². The van der Waals surface area contributed by atoms with Gasteiger partial charge in [-0.15, -0.1) is 0 Å². The number of aromatic nitrogens is 2. The van der Waals surface area contributed by atoms with Gasteiger partial charge in [0.2, 0.25) is 0 Å². The molecule has 142 valence electrons. The van der Waals surface area contributed by atoms with E-state index in [1.54, 1.807) is 12.4 Å². The van der Waals surface area contributed by atoms with Crippen molar-refractivity contribution in [1.29, 1.82) is 0 Å². The molecule has 0 radical (unpaired) electrons. The fraction of sp³-hybridized carbons (Fsp3) is 0.286. The van der Waals surface area contributed by atoms with Crippen LogP contribution in [0.1, 0.15) is 23.1 Å². The van der Waals surface area contributed by atoms with E-state index in [4.69, 9.17) is 9.47 Å². The normalized spacial score (nSPS) is 14.6. The summed E-state index contributed by atoms with van der Waals surface area (Å²) in [5.74, 6) is 0.538. The van der Waals surface area contributed by atoms with E-state index in [0.717, 1.165) is 11.1 Å². The zero-order valence-corrected chi connectivity index (χ0v) is 14.9. The number of aliphatic hydroxyl groups is 2. The number of ether oxygens (including phenoxy) is 2. The van der Waals surface area contributed by atoms with Gasteiger partial charge in [0.05, 0.1) is 19.8 Å². The van der Waals surface area contributed by atoms with Gasteiger partial charge in [0.25, 0.3) is 0 Å². The minimum Gasteiger partial charge on any atom is -0.394 e. The van der Waals surface area contributed by atoms with Crippen LogP contribution < -0.4 is 0 Å². The van der Waals surface area contributed by atoms with Crippen molar-refractivity contribution in [3.8, 4) is 0 Å². The first-order valence-corrected chi connectivity index (χ1v) is 8.87. The highest BCUT2D eigenvalue weighted by molar-refractivity contribution is 5.14. The van der Waals surface area contributed by atoms with Crippen LogP contribution in [-0.2, 0) is 22.7 Å². The van der Waals surface area contributed by atoms with Crippen LogP contribution in [0.15, 0.2) is 73.1 Å². The van der Waals surface area contributed by atoms with Crippen LogP contribution in [0.25, 0.3) is 0 Å². The molecule has 3 atom stereocenters. The molecule has 0 saturated heterocycles. The van der Waals surface area contributed by atoms with Crippen molar-refractivity contribution in [2.75, 3.05) is 6.61 Å². The van der Waals surface area contributed by atoms with Gasteiger partial charge < -0.3 is 24.7 Å². The number of H-pyrrole nitrogens is 1. The van der Waals surface area contributed by atoms with Gasteiger partial charge in [-0.1, -0.05) is 60.7 Å². The van der Waals surface area contributed by atoms with Crippen LogP contribution in [-0.4, -0.2) is 39.0 Å². The average molecular weight is 368 g/mol. The van der Waals surface area contributed by atoms with E-state index >= 15 is 0 Å². The molecule has 3 aromatic rings. The number of rotatable bonds is 10. The van der Waals surface area contributed by atoms with E-state index in [9.17, 15) is 10.2 Å². The predicted molar refractivity (Wildman–Crippen MR) is 101 cm³/mol. The number of nitrogens with zero attached hydrogens (tertiary/aromatic N) is 1. The van der Waals surface area contributed by atoms with Crippen LogP contribution in [0.2, 0.25) is 0 Å². The van der Waals surface area contributed by atoms with Crippen molar-refractivity contribution in [3.63, 3.8) is 0 Å². The summed E-state index contributed by atoms with van der Waals surface area (Å²) in [5, 5.41) is 19.9. The number of aromatic amines is 1. The molecule has 2 aromatic carbocycles. The topological polar surface area (TPSA) is 87.6 Å². The number of aliphatic hydroxyl groups excluding tert-OH is 2. The van der Waals surface area contributed by atoms with Crippen molar-refractivity contribution in [2.45, 2.75) is 31.5 Å².